The summed E-state index contributed by atoms with van der Waals surface area (Å²) < 4.78 is 10.1. The van der Waals surface area contributed by atoms with Crippen molar-refractivity contribution in [3.8, 4) is 0 Å². The van der Waals surface area contributed by atoms with Crippen molar-refractivity contribution in [3.63, 3.8) is 0 Å². The highest BCUT2D eigenvalue weighted by molar-refractivity contribution is 4.88. The monoisotopic (exact) mass is 175 g/mol. The van der Waals surface area contributed by atoms with Gasteiger partial charge in [0.2, 0.25) is 0 Å². The van der Waals surface area contributed by atoms with E-state index >= 15 is 0 Å². The zero-order chi connectivity index (χ0) is 9.19. The van der Waals surface area contributed by atoms with Gasteiger partial charge in [0.1, 0.15) is 6.10 Å². The summed E-state index contributed by atoms with van der Waals surface area (Å²) in [6.45, 7) is 0. The van der Waals surface area contributed by atoms with E-state index < -0.39 is 5.79 Å². The number of hydrogen-bond donors (Lipinski definition) is 2. The fourth-order valence-corrected chi connectivity index (χ4v) is 1.64. The molecule has 4 nitrogen and oxygen atoms in total. The van der Waals surface area contributed by atoms with Gasteiger partial charge in [-0.25, -0.2) is 0 Å². The van der Waals surface area contributed by atoms with E-state index in [9.17, 15) is 5.11 Å². The third-order valence-corrected chi connectivity index (χ3v) is 2.53. The zero-order valence-corrected chi connectivity index (χ0v) is 7.62. The number of aliphatic hydroxyl groups is 1. The number of methoxy groups -OCH3 is 2. The van der Waals surface area contributed by atoms with Gasteiger partial charge in [-0.2, -0.15) is 0 Å². The lowest BCUT2D eigenvalue weighted by atomic mass is 9.88. The first-order valence-electron chi connectivity index (χ1n) is 4.18. The Morgan fingerprint density at radius 1 is 1.50 bits per heavy atom. The van der Waals surface area contributed by atoms with E-state index in [2.05, 4.69) is 0 Å². The Morgan fingerprint density at radius 2 is 2.17 bits per heavy atom. The molecule has 1 rings (SSSR count). The van der Waals surface area contributed by atoms with Gasteiger partial charge in [-0.15, -0.1) is 0 Å². The molecule has 0 aromatic carbocycles. The molecule has 3 atom stereocenters. The summed E-state index contributed by atoms with van der Waals surface area (Å²) in [6.07, 6.45) is 1.68. The summed E-state index contributed by atoms with van der Waals surface area (Å²) in [4.78, 5) is 0. The smallest absolute Gasteiger partial charge is 0.191 e. The van der Waals surface area contributed by atoms with Crippen molar-refractivity contribution in [2.45, 2.75) is 37.2 Å². The second kappa shape index (κ2) is 3.70. The minimum Gasteiger partial charge on any atom is -0.376 e. The van der Waals surface area contributed by atoms with Crippen LogP contribution in [-0.2, 0) is 9.47 Å². The van der Waals surface area contributed by atoms with Crippen LogP contribution in [0.25, 0.3) is 0 Å². The van der Waals surface area contributed by atoms with E-state index in [0.717, 1.165) is 6.42 Å². The third kappa shape index (κ3) is 1.77. The zero-order valence-electron chi connectivity index (χ0n) is 7.62. The average molecular weight is 175 g/mol. The van der Waals surface area contributed by atoms with Crippen LogP contribution in [0.5, 0.6) is 0 Å². The fraction of sp³-hybridized carbons (Fsp3) is 1.00. The van der Waals surface area contributed by atoms with Crippen LogP contribution in [0, 0.1) is 0 Å². The van der Waals surface area contributed by atoms with Crippen LogP contribution in [0.3, 0.4) is 0 Å². The first-order valence-corrected chi connectivity index (χ1v) is 4.18. The SMILES string of the molecule is COC1CC(N)CCC1(O)OC. The molecule has 0 bridgehead atoms. The van der Waals surface area contributed by atoms with Crippen molar-refractivity contribution in [3.05, 3.63) is 0 Å². The highest BCUT2D eigenvalue weighted by Gasteiger charge is 2.41. The van der Waals surface area contributed by atoms with E-state index in [1.54, 1.807) is 7.11 Å². The minimum atomic E-state index is -1.13. The lowest BCUT2D eigenvalue weighted by Crippen LogP contribution is -2.52. The quantitative estimate of drug-likeness (QED) is 0.573. The standard InChI is InChI=1S/C8H17NO3/c1-11-7-5-6(9)3-4-8(7,10)12-2/h6-7,10H,3-5,9H2,1-2H3. The summed E-state index contributed by atoms with van der Waals surface area (Å²) in [6, 6.07) is 0.116. The maximum atomic E-state index is 9.85. The van der Waals surface area contributed by atoms with Gasteiger partial charge in [-0.05, 0) is 12.8 Å². The average Bonchev–Trinajstić information content (AvgIpc) is 2.09. The molecule has 1 fully saturated rings. The van der Waals surface area contributed by atoms with Crippen molar-refractivity contribution >= 4 is 0 Å². The molecule has 1 saturated carbocycles. The van der Waals surface area contributed by atoms with Gasteiger partial charge in [-0.1, -0.05) is 0 Å². The van der Waals surface area contributed by atoms with Gasteiger partial charge < -0.3 is 20.3 Å². The Morgan fingerprint density at radius 3 is 2.67 bits per heavy atom. The topological polar surface area (TPSA) is 64.7 Å². The Kier molecular flexibility index (Phi) is 3.06. The molecule has 3 unspecified atom stereocenters. The molecular weight excluding hydrogens is 158 g/mol. The molecule has 3 N–H and O–H groups in total. The summed E-state index contributed by atoms with van der Waals surface area (Å²) >= 11 is 0. The maximum Gasteiger partial charge on any atom is 0.191 e. The van der Waals surface area contributed by atoms with Crippen LogP contribution in [0.2, 0.25) is 0 Å². The fourth-order valence-electron chi connectivity index (χ4n) is 1.64. The van der Waals surface area contributed by atoms with E-state index in [-0.39, 0.29) is 12.1 Å². The van der Waals surface area contributed by atoms with Gasteiger partial charge in [0.05, 0.1) is 0 Å². The molecule has 0 aromatic rings. The number of rotatable bonds is 2. The Bertz CT molecular complexity index is 153. The van der Waals surface area contributed by atoms with Crippen LogP contribution < -0.4 is 5.73 Å². The van der Waals surface area contributed by atoms with Crippen LogP contribution in [0.15, 0.2) is 0 Å². The highest BCUT2D eigenvalue weighted by atomic mass is 16.6. The summed E-state index contributed by atoms with van der Waals surface area (Å²) in [5.74, 6) is -1.13. The molecule has 0 amide bonds. The third-order valence-electron chi connectivity index (χ3n) is 2.53. The van der Waals surface area contributed by atoms with Crippen LogP contribution in [0.4, 0.5) is 0 Å². The van der Waals surface area contributed by atoms with Crippen molar-refractivity contribution in [1.82, 2.24) is 0 Å². The molecule has 1 aliphatic rings. The molecule has 72 valence electrons. The molecule has 0 aliphatic heterocycles. The lowest BCUT2D eigenvalue weighted by Gasteiger charge is -2.39. The molecular formula is C8H17NO3. The summed E-state index contributed by atoms with van der Waals surface area (Å²) in [5.41, 5.74) is 5.73. The van der Waals surface area contributed by atoms with E-state index in [4.69, 9.17) is 15.2 Å². The predicted molar refractivity (Wildman–Crippen MR) is 44.6 cm³/mol. The van der Waals surface area contributed by atoms with Gasteiger partial charge in [0.15, 0.2) is 5.79 Å². The van der Waals surface area contributed by atoms with Gasteiger partial charge in [0.25, 0.3) is 0 Å². The highest BCUT2D eigenvalue weighted by Crippen LogP contribution is 2.30. The van der Waals surface area contributed by atoms with E-state index in [1.807, 2.05) is 0 Å². The molecule has 12 heavy (non-hydrogen) atoms. The van der Waals surface area contributed by atoms with Crippen LogP contribution in [0.1, 0.15) is 19.3 Å². The molecule has 0 heterocycles. The van der Waals surface area contributed by atoms with E-state index in [0.29, 0.717) is 12.8 Å². The van der Waals surface area contributed by atoms with Crippen molar-refractivity contribution in [1.29, 1.82) is 0 Å². The predicted octanol–water partition coefficient (Wildman–Crippen LogP) is -0.152. The normalized spacial score (nSPS) is 43.0. The van der Waals surface area contributed by atoms with Gasteiger partial charge >= 0.3 is 0 Å². The second-order valence-corrected chi connectivity index (χ2v) is 3.31. The minimum absolute atomic E-state index is 0.116. The molecule has 0 aromatic heterocycles. The van der Waals surface area contributed by atoms with Crippen molar-refractivity contribution < 1.29 is 14.6 Å². The molecule has 0 spiro atoms. The van der Waals surface area contributed by atoms with Gasteiger partial charge in [0, 0.05) is 26.7 Å². The van der Waals surface area contributed by atoms with Crippen LogP contribution in [-0.4, -0.2) is 37.3 Å². The summed E-state index contributed by atoms with van der Waals surface area (Å²) in [5, 5.41) is 9.85. The molecule has 0 saturated heterocycles. The van der Waals surface area contributed by atoms with Crippen LogP contribution >= 0.6 is 0 Å². The van der Waals surface area contributed by atoms with Gasteiger partial charge in [-0.3, -0.25) is 0 Å². The maximum absolute atomic E-state index is 9.85. The Balaban J connectivity index is 2.62. The molecule has 1 aliphatic carbocycles. The molecule has 0 radical (unpaired) electrons. The number of nitrogens with two attached hydrogens (primary N) is 1. The number of hydrogen-bond acceptors (Lipinski definition) is 4. The lowest BCUT2D eigenvalue weighted by molar-refractivity contribution is -0.264. The first kappa shape index (κ1) is 9.92. The largest absolute Gasteiger partial charge is 0.376 e. The Hall–Kier alpha value is -0.160. The van der Waals surface area contributed by atoms with E-state index in [1.165, 1.54) is 7.11 Å². The Labute approximate surface area is 72.6 Å². The summed E-state index contributed by atoms with van der Waals surface area (Å²) in [7, 11) is 3.05. The number of ether oxygens (including phenoxy) is 2. The second-order valence-electron chi connectivity index (χ2n) is 3.31. The van der Waals surface area contributed by atoms with Crippen molar-refractivity contribution in [2.24, 2.45) is 5.73 Å². The first-order chi connectivity index (χ1) is 5.62. The molecule has 4 heteroatoms. The van der Waals surface area contributed by atoms with Crippen molar-refractivity contribution in [2.75, 3.05) is 14.2 Å².